The number of piperazine rings is 1. The highest BCUT2D eigenvalue weighted by Gasteiger charge is 2.20. The van der Waals surface area contributed by atoms with Crippen molar-refractivity contribution in [3.8, 4) is 6.07 Å². The van der Waals surface area contributed by atoms with Crippen LogP contribution in [-0.2, 0) is 4.79 Å². The first kappa shape index (κ1) is 18.1. The number of carbonyl (C=O) groups excluding carboxylic acids is 2. The molecule has 0 aliphatic carbocycles. The number of nitrogens with one attached hydrogen (secondary N) is 1. The van der Waals surface area contributed by atoms with Crippen molar-refractivity contribution >= 4 is 33.7 Å². The fraction of sp³-hybridized carbons (Fsp3) is 0.316. The number of rotatable bonds is 5. The molecule has 1 aromatic heterocycles. The van der Waals surface area contributed by atoms with Crippen LogP contribution in [0.4, 0.5) is 10.7 Å². The number of nitrogens with zero attached hydrogens (tertiary/aromatic N) is 3. The molecule has 26 heavy (non-hydrogen) atoms. The predicted molar refractivity (Wildman–Crippen MR) is 103 cm³/mol. The molecule has 0 spiro atoms. The maximum atomic E-state index is 12.2. The first-order valence-electron chi connectivity index (χ1n) is 8.42. The van der Waals surface area contributed by atoms with Crippen LogP contribution in [0, 0.1) is 11.3 Å². The lowest BCUT2D eigenvalue weighted by Gasteiger charge is -2.35. The lowest BCUT2D eigenvalue weighted by atomic mass is 10.1. The molecule has 1 amide bonds. The number of amides is 1. The summed E-state index contributed by atoms with van der Waals surface area (Å²) in [5.41, 5.74) is 2.31. The van der Waals surface area contributed by atoms with Crippen LogP contribution in [-0.4, -0.2) is 49.3 Å². The van der Waals surface area contributed by atoms with Gasteiger partial charge in [0.2, 0.25) is 5.91 Å². The lowest BCUT2D eigenvalue weighted by Crippen LogP contribution is -2.48. The monoisotopic (exact) mass is 368 g/mol. The number of carbonyl (C=O) groups is 2. The summed E-state index contributed by atoms with van der Waals surface area (Å²) in [7, 11) is 0. The lowest BCUT2D eigenvalue weighted by molar-refractivity contribution is -0.117. The molecule has 0 radical (unpaired) electrons. The van der Waals surface area contributed by atoms with Gasteiger partial charge in [-0.2, -0.15) is 5.26 Å². The van der Waals surface area contributed by atoms with Crippen molar-refractivity contribution in [2.75, 3.05) is 42.9 Å². The maximum absolute atomic E-state index is 12.2. The van der Waals surface area contributed by atoms with Crippen molar-refractivity contribution in [2.45, 2.75) is 6.92 Å². The summed E-state index contributed by atoms with van der Waals surface area (Å²) in [5.74, 6) is -0.0270. The molecule has 1 aliphatic heterocycles. The molecule has 3 rings (SSSR count). The van der Waals surface area contributed by atoms with E-state index in [1.807, 2.05) is 24.3 Å². The van der Waals surface area contributed by atoms with Crippen LogP contribution in [0.1, 0.15) is 22.8 Å². The normalized spacial score (nSPS) is 14.7. The van der Waals surface area contributed by atoms with E-state index in [0.29, 0.717) is 17.1 Å². The second kappa shape index (κ2) is 8.13. The Kier molecular flexibility index (Phi) is 5.66. The fourth-order valence-electron chi connectivity index (χ4n) is 2.93. The molecule has 7 heteroatoms. The first-order chi connectivity index (χ1) is 12.6. The van der Waals surface area contributed by atoms with E-state index in [4.69, 9.17) is 5.26 Å². The zero-order chi connectivity index (χ0) is 18.5. The molecule has 1 aromatic carbocycles. The average Bonchev–Trinajstić information content (AvgIpc) is 3.09. The minimum atomic E-state index is -0.0942. The van der Waals surface area contributed by atoms with Gasteiger partial charge in [0.25, 0.3) is 0 Å². The summed E-state index contributed by atoms with van der Waals surface area (Å²) in [4.78, 5) is 27.9. The van der Waals surface area contributed by atoms with Gasteiger partial charge in [0.15, 0.2) is 5.78 Å². The van der Waals surface area contributed by atoms with Crippen LogP contribution in [0.15, 0.2) is 35.7 Å². The molecule has 2 heterocycles. The number of nitriles is 1. The minimum Gasteiger partial charge on any atom is -0.369 e. The summed E-state index contributed by atoms with van der Waals surface area (Å²) >= 11 is 1.36. The van der Waals surface area contributed by atoms with Gasteiger partial charge in [-0.05, 0) is 42.6 Å². The molecule has 1 aliphatic rings. The zero-order valence-corrected chi connectivity index (χ0v) is 15.4. The Bertz CT molecular complexity index is 830. The number of hydrogen-bond acceptors (Lipinski definition) is 6. The quantitative estimate of drug-likeness (QED) is 0.821. The molecule has 0 bridgehead atoms. The van der Waals surface area contributed by atoms with Gasteiger partial charge in [-0.15, -0.1) is 11.3 Å². The highest BCUT2D eigenvalue weighted by atomic mass is 32.1. The Morgan fingerprint density at radius 2 is 1.85 bits per heavy atom. The minimum absolute atomic E-state index is 0.0673. The van der Waals surface area contributed by atoms with Gasteiger partial charge in [-0.3, -0.25) is 14.5 Å². The Labute approximate surface area is 156 Å². The first-order valence-corrected chi connectivity index (χ1v) is 9.30. The van der Waals surface area contributed by atoms with Crippen molar-refractivity contribution < 1.29 is 9.59 Å². The SMILES string of the molecule is CC(=O)c1ccc(N2CCN(CC(=O)Nc3sccc3C#N)CC2)cc1. The molecule has 0 unspecified atom stereocenters. The van der Waals surface area contributed by atoms with Gasteiger partial charge in [0.1, 0.15) is 11.1 Å². The Balaban J connectivity index is 1.50. The van der Waals surface area contributed by atoms with Crippen LogP contribution in [0.25, 0.3) is 0 Å². The molecular formula is C19H20N4O2S. The molecule has 134 valence electrons. The van der Waals surface area contributed by atoms with Crippen LogP contribution in [0.5, 0.6) is 0 Å². The topological polar surface area (TPSA) is 76.4 Å². The number of ketones is 1. The van der Waals surface area contributed by atoms with Crippen molar-refractivity contribution in [3.63, 3.8) is 0 Å². The molecule has 0 saturated carbocycles. The molecule has 1 N–H and O–H groups in total. The van der Waals surface area contributed by atoms with Crippen LogP contribution < -0.4 is 10.2 Å². The van der Waals surface area contributed by atoms with E-state index in [9.17, 15) is 9.59 Å². The fourth-order valence-corrected chi connectivity index (χ4v) is 3.69. The standard InChI is InChI=1S/C19H20N4O2S/c1-14(24)15-2-4-17(5-3-15)23-9-7-22(8-10-23)13-18(25)21-19-16(12-20)6-11-26-19/h2-6,11H,7-10,13H2,1H3,(H,21,25). The average molecular weight is 368 g/mol. The third-order valence-electron chi connectivity index (χ3n) is 4.42. The van der Waals surface area contributed by atoms with E-state index in [0.717, 1.165) is 37.4 Å². The number of thiophene rings is 1. The van der Waals surface area contributed by atoms with E-state index in [1.165, 1.54) is 11.3 Å². The molecule has 2 aromatic rings. The van der Waals surface area contributed by atoms with E-state index >= 15 is 0 Å². The Hall–Kier alpha value is -2.69. The number of Topliss-reactive ketones (excluding diaryl/α,β-unsaturated/α-hetero) is 1. The van der Waals surface area contributed by atoms with Gasteiger partial charge >= 0.3 is 0 Å². The number of benzene rings is 1. The molecule has 1 saturated heterocycles. The summed E-state index contributed by atoms with van der Waals surface area (Å²) in [6.07, 6.45) is 0. The smallest absolute Gasteiger partial charge is 0.239 e. The van der Waals surface area contributed by atoms with E-state index in [-0.39, 0.29) is 11.7 Å². The van der Waals surface area contributed by atoms with Crippen molar-refractivity contribution in [3.05, 3.63) is 46.8 Å². The number of anilines is 2. The molecule has 6 nitrogen and oxygen atoms in total. The van der Waals surface area contributed by atoms with E-state index in [1.54, 1.807) is 18.4 Å². The second-order valence-electron chi connectivity index (χ2n) is 6.19. The Morgan fingerprint density at radius 3 is 2.46 bits per heavy atom. The van der Waals surface area contributed by atoms with Crippen LogP contribution in [0.2, 0.25) is 0 Å². The predicted octanol–water partition coefficient (Wildman–Crippen LogP) is 2.58. The Morgan fingerprint density at radius 1 is 1.15 bits per heavy atom. The van der Waals surface area contributed by atoms with Gasteiger partial charge in [-0.25, -0.2) is 0 Å². The number of hydrogen-bond donors (Lipinski definition) is 1. The highest BCUT2D eigenvalue weighted by Crippen LogP contribution is 2.22. The zero-order valence-electron chi connectivity index (χ0n) is 14.6. The van der Waals surface area contributed by atoms with Gasteiger partial charge < -0.3 is 10.2 Å². The molecular weight excluding hydrogens is 348 g/mol. The third-order valence-corrected chi connectivity index (χ3v) is 5.25. The second-order valence-corrected chi connectivity index (χ2v) is 7.11. The summed E-state index contributed by atoms with van der Waals surface area (Å²) in [6.45, 7) is 5.12. The largest absolute Gasteiger partial charge is 0.369 e. The van der Waals surface area contributed by atoms with Crippen LogP contribution >= 0.6 is 11.3 Å². The van der Waals surface area contributed by atoms with E-state index in [2.05, 4.69) is 21.2 Å². The van der Waals surface area contributed by atoms with Crippen LogP contribution in [0.3, 0.4) is 0 Å². The van der Waals surface area contributed by atoms with Gasteiger partial charge in [0.05, 0.1) is 12.1 Å². The van der Waals surface area contributed by atoms with Crippen molar-refractivity contribution in [1.29, 1.82) is 5.26 Å². The molecule has 0 atom stereocenters. The van der Waals surface area contributed by atoms with E-state index < -0.39 is 0 Å². The van der Waals surface area contributed by atoms with Gasteiger partial charge in [0, 0.05) is 37.4 Å². The maximum Gasteiger partial charge on any atom is 0.239 e. The third kappa shape index (κ3) is 4.28. The van der Waals surface area contributed by atoms with Gasteiger partial charge in [-0.1, -0.05) is 0 Å². The van der Waals surface area contributed by atoms with Crippen molar-refractivity contribution in [1.82, 2.24) is 4.90 Å². The molecule has 1 fully saturated rings. The summed E-state index contributed by atoms with van der Waals surface area (Å²) in [6, 6.07) is 11.4. The van der Waals surface area contributed by atoms with Crippen molar-refractivity contribution in [2.24, 2.45) is 0 Å². The highest BCUT2D eigenvalue weighted by molar-refractivity contribution is 7.14. The summed E-state index contributed by atoms with van der Waals surface area (Å²) in [5, 5.41) is 14.2. The summed E-state index contributed by atoms with van der Waals surface area (Å²) < 4.78 is 0.